The number of amides is 1. The summed E-state index contributed by atoms with van der Waals surface area (Å²) in [6, 6.07) is 12.6. The summed E-state index contributed by atoms with van der Waals surface area (Å²) in [7, 11) is -1.58. The van der Waals surface area contributed by atoms with Crippen molar-refractivity contribution in [2.45, 2.75) is 17.7 Å². The minimum Gasteiger partial charge on any atom is -0.497 e. The highest BCUT2D eigenvalue weighted by Crippen LogP contribution is 2.41. The van der Waals surface area contributed by atoms with Crippen LogP contribution in [0.4, 0.5) is 10.1 Å². The first kappa shape index (κ1) is 19.9. The molecule has 6 nitrogen and oxygen atoms in total. The molecular formula is C20H19FN2O4S2. The third-order valence-electron chi connectivity index (χ3n) is 4.91. The second kappa shape index (κ2) is 7.79. The van der Waals surface area contributed by atoms with Gasteiger partial charge < -0.3 is 9.64 Å². The van der Waals surface area contributed by atoms with Crippen molar-refractivity contribution < 1.29 is 22.3 Å². The molecule has 0 radical (unpaired) electrons. The minimum atomic E-state index is -3.15. The van der Waals surface area contributed by atoms with Crippen molar-refractivity contribution >= 4 is 38.4 Å². The molecule has 2 saturated heterocycles. The zero-order valence-electron chi connectivity index (χ0n) is 15.6. The van der Waals surface area contributed by atoms with E-state index in [1.54, 1.807) is 48.4 Å². The molecule has 29 heavy (non-hydrogen) atoms. The van der Waals surface area contributed by atoms with Gasteiger partial charge in [0.2, 0.25) is 0 Å². The van der Waals surface area contributed by atoms with Crippen LogP contribution < -0.4 is 9.64 Å². The van der Waals surface area contributed by atoms with Crippen LogP contribution in [-0.2, 0) is 21.1 Å². The lowest BCUT2D eigenvalue weighted by atomic mass is 10.1. The average molecular weight is 435 g/mol. The lowest BCUT2D eigenvalue weighted by Crippen LogP contribution is -2.37. The molecule has 2 fully saturated rings. The Hall–Kier alpha value is -2.39. The standard InChI is InChI=1S/C20H19FN2O4S2/c1-27-16-8-2-13(3-9-16)10-19(24)22-20-23(15-6-4-14(21)5-7-15)17-11-29(25,26)12-18(17)28-20/h2-9,17-18H,10-12H2,1H3. The van der Waals surface area contributed by atoms with Crippen LogP contribution in [-0.4, -0.2) is 49.4 Å². The molecule has 152 valence electrons. The molecule has 0 aromatic heterocycles. The van der Waals surface area contributed by atoms with Gasteiger partial charge in [0.05, 0.1) is 31.1 Å². The van der Waals surface area contributed by atoms with Gasteiger partial charge in [-0.2, -0.15) is 4.99 Å². The number of ether oxygens (including phenoxy) is 1. The van der Waals surface area contributed by atoms with Gasteiger partial charge in [-0.05, 0) is 42.0 Å². The Morgan fingerprint density at radius 1 is 1.17 bits per heavy atom. The summed E-state index contributed by atoms with van der Waals surface area (Å²) in [6.07, 6.45) is 0.124. The van der Waals surface area contributed by atoms with Gasteiger partial charge in [-0.3, -0.25) is 4.79 Å². The molecule has 0 spiro atoms. The van der Waals surface area contributed by atoms with E-state index in [1.165, 1.54) is 23.9 Å². The Morgan fingerprint density at radius 2 is 1.86 bits per heavy atom. The first-order valence-electron chi connectivity index (χ1n) is 9.01. The van der Waals surface area contributed by atoms with Crippen LogP contribution >= 0.6 is 11.8 Å². The predicted octanol–water partition coefficient (Wildman–Crippen LogP) is 2.68. The van der Waals surface area contributed by atoms with Crippen LogP contribution in [0.2, 0.25) is 0 Å². The van der Waals surface area contributed by atoms with Crippen LogP contribution in [0, 0.1) is 5.82 Å². The Balaban J connectivity index is 1.60. The zero-order valence-corrected chi connectivity index (χ0v) is 17.2. The molecule has 2 aliphatic heterocycles. The number of nitrogens with zero attached hydrogens (tertiary/aromatic N) is 2. The monoisotopic (exact) mass is 434 g/mol. The van der Waals surface area contributed by atoms with Crippen LogP contribution in [0.15, 0.2) is 53.5 Å². The smallest absolute Gasteiger partial charge is 0.252 e. The number of thioether (sulfide) groups is 1. The molecule has 2 aromatic carbocycles. The van der Waals surface area contributed by atoms with Gasteiger partial charge in [0.25, 0.3) is 5.91 Å². The molecule has 0 saturated carbocycles. The lowest BCUT2D eigenvalue weighted by Gasteiger charge is -2.24. The van der Waals surface area contributed by atoms with E-state index in [2.05, 4.69) is 4.99 Å². The number of amidine groups is 1. The van der Waals surface area contributed by atoms with Gasteiger partial charge in [0, 0.05) is 10.9 Å². The largest absolute Gasteiger partial charge is 0.497 e. The first-order valence-corrected chi connectivity index (χ1v) is 11.7. The summed E-state index contributed by atoms with van der Waals surface area (Å²) in [5.41, 5.74) is 1.43. The fraction of sp³-hybridized carbons (Fsp3) is 0.300. The van der Waals surface area contributed by atoms with Gasteiger partial charge in [-0.15, -0.1) is 0 Å². The predicted molar refractivity (Wildman–Crippen MR) is 112 cm³/mol. The van der Waals surface area contributed by atoms with Crippen molar-refractivity contribution in [2.75, 3.05) is 23.5 Å². The number of benzene rings is 2. The highest BCUT2D eigenvalue weighted by molar-refractivity contribution is 8.16. The Morgan fingerprint density at radius 3 is 2.52 bits per heavy atom. The van der Waals surface area contributed by atoms with E-state index >= 15 is 0 Å². The number of halogens is 1. The zero-order chi connectivity index (χ0) is 20.6. The second-order valence-electron chi connectivity index (χ2n) is 6.96. The second-order valence-corrected chi connectivity index (χ2v) is 10.3. The van der Waals surface area contributed by atoms with Gasteiger partial charge in [0.1, 0.15) is 11.6 Å². The van der Waals surface area contributed by atoms with E-state index in [4.69, 9.17) is 4.74 Å². The topological polar surface area (TPSA) is 76.0 Å². The maximum Gasteiger partial charge on any atom is 0.252 e. The highest BCUT2D eigenvalue weighted by Gasteiger charge is 2.49. The van der Waals surface area contributed by atoms with Crippen LogP contribution in [0.25, 0.3) is 0 Å². The van der Waals surface area contributed by atoms with Crippen molar-refractivity contribution in [1.82, 2.24) is 0 Å². The van der Waals surface area contributed by atoms with E-state index in [9.17, 15) is 17.6 Å². The summed E-state index contributed by atoms with van der Waals surface area (Å²) in [5.74, 6) is 0.0349. The molecule has 0 aliphatic carbocycles. The lowest BCUT2D eigenvalue weighted by molar-refractivity contribution is -0.117. The quantitative estimate of drug-likeness (QED) is 0.737. The molecule has 0 N–H and O–H groups in total. The van der Waals surface area contributed by atoms with Gasteiger partial charge >= 0.3 is 0 Å². The summed E-state index contributed by atoms with van der Waals surface area (Å²) in [5, 5.41) is 0.262. The number of anilines is 1. The number of methoxy groups -OCH3 is 1. The Bertz CT molecular complexity index is 1050. The minimum absolute atomic E-state index is 0.00622. The van der Waals surface area contributed by atoms with E-state index in [1.807, 2.05) is 0 Å². The van der Waals surface area contributed by atoms with E-state index in [0.29, 0.717) is 16.6 Å². The Kier molecular flexibility index (Phi) is 5.35. The Labute approximate surface area is 172 Å². The molecule has 2 heterocycles. The van der Waals surface area contributed by atoms with E-state index in [0.717, 1.165) is 5.56 Å². The normalized spacial score (nSPS) is 23.9. The van der Waals surface area contributed by atoms with Crippen molar-refractivity contribution in [3.8, 4) is 5.75 Å². The fourth-order valence-electron chi connectivity index (χ4n) is 3.53. The number of hydrogen-bond donors (Lipinski definition) is 0. The van der Waals surface area contributed by atoms with Gasteiger partial charge in [0.15, 0.2) is 15.0 Å². The molecule has 9 heteroatoms. The van der Waals surface area contributed by atoms with Crippen LogP contribution in [0.3, 0.4) is 0 Å². The molecule has 2 aliphatic rings. The number of rotatable bonds is 4. The highest BCUT2D eigenvalue weighted by atomic mass is 32.2. The van der Waals surface area contributed by atoms with Crippen molar-refractivity contribution in [3.05, 3.63) is 59.9 Å². The number of hydrogen-bond acceptors (Lipinski definition) is 5. The van der Waals surface area contributed by atoms with E-state index in [-0.39, 0.29) is 40.9 Å². The maximum absolute atomic E-state index is 13.4. The van der Waals surface area contributed by atoms with E-state index < -0.39 is 9.84 Å². The van der Waals surface area contributed by atoms with Gasteiger partial charge in [-0.25, -0.2) is 12.8 Å². The molecule has 2 unspecified atom stereocenters. The summed E-state index contributed by atoms with van der Waals surface area (Å²) >= 11 is 1.30. The maximum atomic E-state index is 13.4. The average Bonchev–Trinajstić information content (AvgIpc) is 3.14. The summed E-state index contributed by atoms with van der Waals surface area (Å²) in [4.78, 5) is 18.6. The molecule has 2 aromatic rings. The van der Waals surface area contributed by atoms with Crippen LogP contribution in [0.5, 0.6) is 5.75 Å². The number of fused-ring (bicyclic) bond motifs is 1. The fourth-order valence-corrected chi connectivity index (χ4v) is 7.46. The SMILES string of the molecule is COc1ccc(CC(=O)N=C2SC3CS(=O)(=O)CC3N2c2ccc(F)cc2)cc1. The molecule has 4 rings (SSSR count). The number of carbonyl (C=O) groups excluding carboxylic acids is 1. The van der Waals surface area contributed by atoms with Gasteiger partial charge in [-0.1, -0.05) is 23.9 Å². The number of carbonyl (C=O) groups is 1. The summed E-state index contributed by atoms with van der Waals surface area (Å²) < 4.78 is 42.6. The van der Waals surface area contributed by atoms with Crippen LogP contribution in [0.1, 0.15) is 5.56 Å². The number of aliphatic imine (C=N–C) groups is 1. The molecule has 1 amide bonds. The number of sulfone groups is 1. The van der Waals surface area contributed by atoms with Crippen molar-refractivity contribution in [3.63, 3.8) is 0 Å². The third kappa shape index (κ3) is 4.30. The van der Waals surface area contributed by atoms with Crippen molar-refractivity contribution in [2.24, 2.45) is 4.99 Å². The summed E-state index contributed by atoms with van der Waals surface area (Å²) in [6.45, 7) is 0. The molecule has 0 bridgehead atoms. The molecular weight excluding hydrogens is 415 g/mol. The third-order valence-corrected chi connectivity index (χ3v) is 8.12. The van der Waals surface area contributed by atoms with Crippen molar-refractivity contribution in [1.29, 1.82) is 0 Å². The first-order chi connectivity index (χ1) is 13.8. The molecule has 2 atom stereocenters.